The van der Waals surface area contributed by atoms with Crippen molar-refractivity contribution in [3.05, 3.63) is 89.5 Å². The fraction of sp³-hybridized carbons (Fsp3) is 0.259. The molecule has 0 aliphatic carbocycles. The van der Waals surface area contributed by atoms with Gasteiger partial charge in [-0.1, -0.05) is 18.2 Å². The Hall–Kier alpha value is -3.76. The third-order valence-electron chi connectivity index (χ3n) is 6.27. The third kappa shape index (κ3) is 5.50. The summed E-state index contributed by atoms with van der Waals surface area (Å²) in [6.45, 7) is 2.70. The molecule has 0 spiro atoms. The number of carbonyl (C=O) groups excluding carboxylic acids is 1. The quantitative estimate of drug-likeness (QED) is 0.369. The Labute approximate surface area is 214 Å². The predicted molar refractivity (Wildman–Crippen MR) is 135 cm³/mol. The second kappa shape index (κ2) is 10.3. The minimum Gasteiger partial charge on any atom is -0.489 e. The second-order valence-electron chi connectivity index (χ2n) is 8.98. The summed E-state index contributed by atoms with van der Waals surface area (Å²) in [7, 11) is -4.08. The largest absolute Gasteiger partial charge is 0.489 e. The Kier molecular flexibility index (Phi) is 6.94. The Balaban J connectivity index is 1.23. The number of ether oxygens (including phenoxy) is 1. The number of nitrogens with one attached hydrogen (secondary N) is 1. The van der Waals surface area contributed by atoms with Gasteiger partial charge in [0.1, 0.15) is 29.8 Å². The molecule has 192 valence electrons. The number of sulfonamides is 1. The molecule has 8 nitrogen and oxygen atoms in total. The fourth-order valence-corrected chi connectivity index (χ4v) is 5.93. The van der Waals surface area contributed by atoms with Gasteiger partial charge < -0.3 is 14.5 Å². The van der Waals surface area contributed by atoms with E-state index in [9.17, 15) is 17.6 Å². The molecule has 3 heterocycles. The lowest BCUT2D eigenvalue weighted by Gasteiger charge is -2.22. The van der Waals surface area contributed by atoms with Gasteiger partial charge in [0.25, 0.3) is 10.0 Å². The predicted octanol–water partition coefficient (Wildman–Crippen LogP) is 4.32. The van der Waals surface area contributed by atoms with Crippen molar-refractivity contribution in [1.29, 1.82) is 0 Å². The number of carbonyl (C=O) groups is 1. The van der Waals surface area contributed by atoms with Gasteiger partial charge in [0.2, 0.25) is 11.0 Å². The van der Waals surface area contributed by atoms with Gasteiger partial charge in [0, 0.05) is 42.0 Å². The van der Waals surface area contributed by atoms with Crippen LogP contribution in [0.1, 0.15) is 29.7 Å². The number of halogens is 1. The number of nitrogens with zero attached hydrogens (tertiary/aromatic N) is 2. The lowest BCUT2D eigenvalue weighted by atomic mass is 10.2. The summed E-state index contributed by atoms with van der Waals surface area (Å²) in [5.74, 6) is -0.226. The van der Waals surface area contributed by atoms with Crippen LogP contribution in [0.5, 0.6) is 5.75 Å². The highest BCUT2D eigenvalue weighted by molar-refractivity contribution is 7.89. The molecular formula is C27H26FN3O5S. The van der Waals surface area contributed by atoms with Gasteiger partial charge in [-0.2, -0.15) is 4.31 Å². The number of fused-ring (bicyclic) bond motifs is 1. The summed E-state index contributed by atoms with van der Waals surface area (Å²) < 4.78 is 52.6. The molecule has 1 saturated heterocycles. The van der Waals surface area contributed by atoms with Crippen LogP contribution >= 0.6 is 0 Å². The monoisotopic (exact) mass is 523 g/mol. The summed E-state index contributed by atoms with van der Waals surface area (Å²) in [6.07, 6.45) is 2.71. The molecule has 1 aliphatic heterocycles. The van der Waals surface area contributed by atoms with Gasteiger partial charge in [-0.3, -0.25) is 9.78 Å². The van der Waals surface area contributed by atoms with E-state index < -0.39 is 21.9 Å². The standard InChI is InChI=1S/C27H26FN3O5S/c1-18-7-8-20(16-29-18)17-35-23-5-2-4-19(12-23)15-30-27(32)24-6-3-11-31(24)37(33,34)26-14-21-13-22(28)9-10-25(21)36-26/h2,4-5,7-10,12-14,16,24H,3,6,11,15,17H2,1H3,(H,30,32)/t24-/m0/s1. The van der Waals surface area contributed by atoms with E-state index in [4.69, 9.17) is 9.15 Å². The zero-order chi connectivity index (χ0) is 26.0. The topological polar surface area (TPSA) is 102 Å². The minimum absolute atomic E-state index is 0.197. The average molecular weight is 524 g/mol. The molecular weight excluding hydrogens is 497 g/mol. The molecule has 0 bridgehead atoms. The van der Waals surface area contributed by atoms with Crippen LogP contribution in [0.25, 0.3) is 11.0 Å². The van der Waals surface area contributed by atoms with Crippen LogP contribution < -0.4 is 10.1 Å². The van der Waals surface area contributed by atoms with Gasteiger partial charge in [-0.15, -0.1) is 0 Å². The first kappa shape index (κ1) is 24.9. The highest BCUT2D eigenvalue weighted by atomic mass is 32.2. The molecule has 1 amide bonds. The molecule has 0 radical (unpaired) electrons. The van der Waals surface area contributed by atoms with Crippen molar-refractivity contribution in [3.8, 4) is 5.75 Å². The van der Waals surface area contributed by atoms with Crippen LogP contribution in [0.4, 0.5) is 4.39 Å². The SMILES string of the molecule is Cc1ccc(COc2cccc(CNC(=O)[C@@H]3CCCN3S(=O)(=O)c3cc4cc(F)ccc4o3)c2)cn1. The first-order valence-electron chi connectivity index (χ1n) is 11.9. The number of benzene rings is 2. The van der Waals surface area contributed by atoms with Crippen LogP contribution in [0.3, 0.4) is 0 Å². The molecule has 1 fully saturated rings. The van der Waals surface area contributed by atoms with Crippen LogP contribution in [-0.4, -0.2) is 36.2 Å². The highest BCUT2D eigenvalue weighted by Crippen LogP contribution is 2.30. The molecule has 1 N–H and O–H groups in total. The Morgan fingerprint density at radius 3 is 2.84 bits per heavy atom. The highest BCUT2D eigenvalue weighted by Gasteiger charge is 2.41. The Morgan fingerprint density at radius 2 is 2.03 bits per heavy atom. The number of rotatable bonds is 8. The van der Waals surface area contributed by atoms with E-state index >= 15 is 0 Å². The van der Waals surface area contributed by atoms with Crippen LogP contribution in [-0.2, 0) is 28.0 Å². The van der Waals surface area contributed by atoms with Crippen molar-refractivity contribution >= 4 is 26.9 Å². The maximum Gasteiger partial charge on any atom is 0.277 e. The fourth-order valence-electron chi connectivity index (χ4n) is 4.33. The van der Waals surface area contributed by atoms with Crippen LogP contribution in [0, 0.1) is 12.7 Å². The molecule has 2 aromatic heterocycles. The van der Waals surface area contributed by atoms with Gasteiger partial charge in [-0.25, -0.2) is 12.8 Å². The number of hydrogen-bond donors (Lipinski definition) is 1. The Bertz CT molecular complexity index is 1540. The summed E-state index contributed by atoms with van der Waals surface area (Å²) in [5, 5.41) is 2.89. The maximum atomic E-state index is 13.5. The van der Waals surface area contributed by atoms with E-state index in [0.717, 1.165) is 21.1 Å². The van der Waals surface area contributed by atoms with Gasteiger partial charge in [-0.05, 0) is 61.7 Å². The zero-order valence-electron chi connectivity index (χ0n) is 20.2. The average Bonchev–Trinajstić information content (AvgIpc) is 3.55. The molecule has 37 heavy (non-hydrogen) atoms. The van der Waals surface area contributed by atoms with E-state index in [-0.39, 0.29) is 29.7 Å². The molecule has 5 rings (SSSR count). The van der Waals surface area contributed by atoms with E-state index in [1.807, 2.05) is 43.3 Å². The van der Waals surface area contributed by atoms with E-state index in [0.29, 0.717) is 30.6 Å². The summed E-state index contributed by atoms with van der Waals surface area (Å²) in [6, 6.07) is 15.5. The zero-order valence-corrected chi connectivity index (χ0v) is 21.0. The number of amides is 1. The van der Waals surface area contributed by atoms with E-state index in [1.165, 1.54) is 24.3 Å². The van der Waals surface area contributed by atoms with Crippen LogP contribution in [0.15, 0.2) is 76.4 Å². The lowest BCUT2D eigenvalue weighted by molar-refractivity contribution is -0.124. The van der Waals surface area contributed by atoms with Gasteiger partial charge in [0.15, 0.2) is 0 Å². The molecule has 2 aromatic carbocycles. The number of aryl methyl sites for hydroxylation is 1. The number of aromatic nitrogens is 1. The molecule has 10 heteroatoms. The number of furan rings is 1. The number of pyridine rings is 1. The summed E-state index contributed by atoms with van der Waals surface area (Å²) in [4.78, 5) is 17.3. The molecule has 4 aromatic rings. The van der Waals surface area contributed by atoms with Crippen molar-refractivity contribution in [3.63, 3.8) is 0 Å². The van der Waals surface area contributed by atoms with Gasteiger partial charge >= 0.3 is 0 Å². The molecule has 0 saturated carbocycles. The van der Waals surface area contributed by atoms with E-state index in [1.54, 1.807) is 6.20 Å². The smallest absolute Gasteiger partial charge is 0.277 e. The van der Waals surface area contributed by atoms with Crippen molar-refractivity contribution in [2.24, 2.45) is 0 Å². The minimum atomic E-state index is -4.08. The van der Waals surface area contributed by atoms with Crippen molar-refractivity contribution in [2.45, 2.75) is 44.1 Å². The number of hydrogen-bond acceptors (Lipinski definition) is 6. The second-order valence-corrected chi connectivity index (χ2v) is 10.8. The molecule has 1 aliphatic rings. The summed E-state index contributed by atoms with van der Waals surface area (Å²) in [5.41, 5.74) is 2.96. The lowest BCUT2D eigenvalue weighted by Crippen LogP contribution is -2.45. The first-order chi connectivity index (χ1) is 17.8. The third-order valence-corrected chi connectivity index (χ3v) is 8.03. The normalized spacial score (nSPS) is 16.2. The van der Waals surface area contributed by atoms with Gasteiger partial charge in [0.05, 0.1) is 0 Å². The summed E-state index contributed by atoms with van der Waals surface area (Å²) >= 11 is 0. The Morgan fingerprint density at radius 1 is 1.16 bits per heavy atom. The first-order valence-corrected chi connectivity index (χ1v) is 13.4. The van der Waals surface area contributed by atoms with E-state index in [2.05, 4.69) is 10.3 Å². The molecule has 0 unspecified atom stereocenters. The maximum absolute atomic E-state index is 13.5. The van der Waals surface area contributed by atoms with Crippen molar-refractivity contribution < 1.29 is 26.8 Å². The molecule has 1 atom stereocenters. The van der Waals surface area contributed by atoms with Crippen LogP contribution in [0.2, 0.25) is 0 Å². The van der Waals surface area contributed by atoms with Crippen molar-refractivity contribution in [2.75, 3.05) is 6.54 Å². The van der Waals surface area contributed by atoms with Crippen molar-refractivity contribution in [1.82, 2.24) is 14.6 Å².